The fourth-order valence-electron chi connectivity index (χ4n) is 14.9. The van der Waals surface area contributed by atoms with Crippen molar-refractivity contribution in [2.24, 2.45) is 56.7 Å². The molecule has 7 aliphatic rings. The number of carbonyl (C=O) groups is 1. The normalized spacial score (nSPS) is 44.7. The Hall–Kier alpha value is -1.48. The Labute approximate surface area is 322 Å². The molecule has 6 aliphatic carbocycles. The molecule has 0 aromatic rings. The first-order valence-electron chi connectivity index (χ1n) is 21.4. The summed E-state index contributed by atoms with van der Waals surface area (Å²) in [5, 5.41) is 14.5. The number of aliphatic hydroxyl groups excluding tert-OH is 1. The predicted molar refractivity (Wildman–Crippen MR) is 214 cm³/mol. The number of fused-ring (bicyclic) bond motifs is 7. The number of hydrogen-bond donors (Lipinski definition) is 2. The van der Waals surface area contributed by atoms with E-state index in [4.69, 9.17) is 4.74 Å². The number of sulfone groups is 1. The van der Waals surface area contributed by atoms with Crippen LogP contribution in [0.1, 0.15) is 126 Å². The predicted octanol–water partition coefficient (Wildman–Crippen LogP) is 7.90. The minimum Gasteiger partial charge on any atom is -0.465 e. The molecule has 7 rings (SSSR count). The maximum Gasteiger partial charge on any atom is 0.314 e. The van der Waals surface area contributed by atoms with Crippen LogP contribution in [0.2, 0.25) is 0 Å². The Morgan fingerprint density at radius 1 is 0.943 bits per heavy atom. The number of hydrogen-bond acceptors (Lipinski definition) is 7. The van der Waals surface area contributed by atoms with Crippen LogP contribution in [0.25, 0.3) is 0 Å². The van der Waals surface area contributed by atoms with E-state index in [0.29, 0.717) is 73.6 Å². The molecule has 1 heterocycles. The Morgan fingerprint density at radius 2 is 1.68 bits per heavy atom. The van der Waals surface area contributed by atoms with E-state index in [2.05, 4.69) is 70.5 Å². The summed E-state index contributed by atoms with van der Waals surface area (Å²) in [4.78, 5) is 15.2. The standard InChI is InChI=1S/C45H72N2O5S/c1-9-52-39(49)44(30-48)19-12-32(13-20-44)34-15-17-41(6)36(40(34,4)5)16-18-43(8)37(41)11-10-35-38-33(31(2)3)14-21-45(38,23-22-42(35,43)7)46-24-25-47-26-28-53(50,51)29-27-47/h12,15,33,35-38,46,48H,2,9-11,13-14,16-30H2,1,3-8H3/t33-,35+,36-,37+,38+,41-,42+,43+,44-,45-/m0/s1. The first-order valence-corrected chi connectivity index (χ1v) is 23.3. The summed E-state index contributed by atoms with van der Waals surface area (Å²) in [6, 6.07) is 0. The van der Waals surface area contributed by atoms with E-state index in [-0.39, 0.29) is 39.8 Å². The highest BCUT2D eigenvalue weighted by atomic mass is 32.2. The van der Waals surface area contributed by atoms with Crippen LogP contribution in [0, 0.1) is 56.7 Å². The van der Waals surface area contributed by atoms with Crippen molar-refractivity contribution >= 4 is 15.8 Å². The van der Waals surface area contributed by atoms with Gasteiger partial charge in [0.15, 0.2) is 9.84 Å². The molecule has 2 N–H and O–H groups in total. The lowest BCUT2D eigenvalue weighted by molar-refractivity contribution is -0.221. The van der Waals surface area contributed by atoms with Crippen molar-refractivity contribution < 1.29 is 23.1 Å². The van der Waals surface area contributed by atoms with E-state index >= 15 is 0 Å². The van der Waals surface area contributed by atoms with Gasteiger partial charge in [0.05, 0.1) is 30.1 Å². The average Bonchev–Trinajstić information content (AvgIpc) is 3.49. The maximum atomic E-state index is 12.9. The van der Waals surface area contributed by atoms with Crippen molar-refractivity contribution in [2.75, 3.05) is 50.9 Å². The van der Waals surface area contributed by atoms with E-state index < -0.39 is 15.3 Å². The van der Waals surface area contributed by atoms with Crippen LogP contribution in [-0.4, -0.2) is 80.8 Å². The Bertz CT molecular complexity index is 1620. The number of carbonyl (C=O) groups excluding carboxylic acids is 1. The van der Waals surface area contributed by atoms with Gasteiger partial charge in [0.2, 0.25) is 0 Å². The molecule has 0 aromatic heterocycles. The van der Waals surface area contributed by atoms with Crippen molar-refractivity contribution in [1.82, 2.24) is 10.2 Å². The SMILES string of the molecule is C=C(C)[C@@H]1CC[C@]2(NCCN3CCS(=O)(=O)CC3)CC[C@]3(C)[C@H](CC[C@@H]4[C@@]5(C)CC=C(C6=CC[C@](CO)(C(=O)OCC)CC6)C(C)(C)[C@@H]5CC[C@]43C)[C@@H]12. The molecule has 298 valence electrons. The van der Waals surface area contributed by atoms with E-state index in [1.165, 1.54) is 68.1 Å². The van der Waals surface area contributed by atoms with E-state index in [1.807, 2.05) is 6.92 Å². The van der Waals surface area contributed by atoms with E-state index in [1.54, 1.807) is 0 Å². The molecule has 1 saturated heterocycles. The van der Waals surface area contributed by atoms with Crippen LogP contribution >= 0.6 is 0 Å². The van der Waals surface area contributed by atoms with Crippen LogP contribution < -0.4 is 5.32 Å². The van der Waals surface area contributed by atoms with Crippen molar-refractivity contribution in [3.05, 3.63) is 35.5 Å². The zero-order valence-electron chi connectivity index (χ0n) is 34.3. The monoisotopic (exact) mass is 753 g/mol. The quantitative estimate of drug-likeness (QED) is 0.183. The fraction of sp³-hybridized carbons (Fsp3) is 0.844. The number of aliphatic hydroxyl groups is 1. The lowest BCUT2D eigenvalue weighted by atomic mass is 9.33. The van der Waals surface area contributed by atoms with Crippen LogP contribution in [-0.2, 0) is 19.4 Å². The molecule has 0 radical (unpaired) electrons. The molecule has 8 heteroatoms. The average molecular weight is 753 g/mol. The van der Waals surface area contributed by atoms with Crippen LogP contribution in [0.15, 0.2) is 35.5 Å². The summed E-state index contributed by atoms with van der Waals surface area (Å²) >= 11 is 0. The van der Waals surface area contributed by atoms with Crippen LogP contribution in [0.5, 0.6) is 0 Å². The van der Waals surface area contributed by atoms with Gasteiger partial charge in [-0.1, -0.05) is 58.9 Å². The van der Waals surface area contributed by atoms with Gasteiger partial charge in [0, 0.05) is 31.7 Å². The van der Waals surface area contributed by atoms with Crippen LogP contribution in [0.4, 0.5) is 0 Å². The number of nitrogens with one attached hydrogen (secondary N) is 1. The van der Waals surface area contributed by atoms with Crippen molar-refractivity contribution in [2.45, 2.75) is 131 Å². The van der Waals surface area contributed by atoms with Gasteiger partial charge in [0.25, 0.3) is 0 Å². The van der Waals surface area contributed by atoms with Crippen molar-refractivity contribution in [1.29, 1.82) is 0 Å². The zero-order chi connectivity index (χ0) is 38.2. The smallest absolute Gasteiger partial charge is 0.314 e. The Kier molecular flexibility index (Phi) is 10.4. The van der Waals surface area contributed by atoms with Gasteiger partial charge < -0.3 is 20.1 Å². The number of rotatable bonds is 9. The number of ether oxygens (including phenoxy) is 1. The third-order valence-corrected chi connectivity index (χ3v) is 19.6. The summed E-state index contributed by atoms with van der Waals surface area (Å²) in [5.41, 5.74) is 4.44. The highest BCUT2D eigenvalue weighted by Crippen LogP contribution is 2.76. The topological polar surface area (TPSA) is 95.9 Å². The molecule has 53 heavy (non-hydrogen) atoms. The zero-order valence-corrected chi connectivity index (χ0v) is 35.1. The summed E-state index contributed by atoms with van der Waals surface area (Å²) in [6.07, 6.45) is 18.2. The van der Waals surface area contributed by atoms with E-state index in [0.717, 1.165) is 25.9 Å². The second kappa shape index (κ2) is 13.9. The van der Waals surface area contributed by atoms with Gasteiger partial charge in [-0.25, -0.2) is 8.42 Å². The lowest BCUT2D eigenvalue weighted by Crippen LogP contribution is -2.68. The highest BCUT2D eigenvalue weighted by Gasteiger charge is 2.70. The van der Waals surface area contributed by atoms with Gasteiger partial charge in [-0.15, -0.1) is 0 Å². The molecule has 0 spiro atoms. The largest absolute Gasteiger partial charge is 0.465 e. The molecule has 0 amide bonds. The van der Waals surface area contributed by atoms with Gasteiger partial charge in [0.1, 0.15) is 0 Å². The van der Waals surface area contributed by atoms with Crippen molar-refractivity contribution in [3.8, 4) is 0 Å². The summed E-state index contributed by atoms with van der Waals surface area (Å²) < 4.78 is 29.5. The molecular formula is C45H72N2O5S. The minimum atomic E-state index is -2.86. The maximum absolute atomic E-state index is 12.9. The molecule has 0 unspecified atom stereocenters. The lowest BCUT2D eigenvalue weighted by Gasteiger charge is -2.72. The first kappa shape index (κ1) is 39.7. The third kappa shape index (κ3) is 6.20. The van der Waals surface area contributed by atoms with E-state index in [9.17, 15) is 18.3 Å². The van der Waals surface area contributed by atoms with Gasteiger partial charge in [-0.05, 0) is 153 Å². The van der Waals surface area contributed by atoms with Gasteiger partial charge in [-0.3, -0.25) is 4.79 Å². The molecule has 5 fully saturated rings. The number of nitrogens with zero attached hydrogens (tertiary/aromatic N) is 1. The summed E-state index contributed by atoms with van der Waals surface area (Å²) in [6.45, 7) is 25.2. The molecule has 4 saturated carbocycles. The molecular weight excluding hydrogens is 681 g/mol. The Balaban J connectivity index is 1.12. The second-order valence-electron chi connectivity index (χ2n) is 20.4. The second-order valence-corrected chi connectivity index (χ2v) is 22.7. The van der Waals surface area contributed by atoms with Gasteiger partial charge in [-0.2, -0.15) is 0 Å². The highest BCUT2D eigenvalue weighted by molar-refractivity contribution is 7.91. The fourth-order valence-corrected chi connectivity index (χ4v) is 16.1. The Morgan fingerprint density at radius 3 is 2.32 bits per heavy atom. The minimum absolute atomic E-state index is 0.0434. The summed E-state index contributed by atoms with van der Waals surface area (Å²) in [5.74, 6) is 3.48. The molecule has 10 atom stereocenters. The molecule has 7 nitrogen and oxygen atoms in total. The van der Waals surface area contributed by atoms with Crippen molar-refractivity contribution in [3.63, 3.8) is 0 Å². The number of allylic oxidation sites excluding steroid dienone is 5. The third-order valence-electron chi connectivity index (χ3n) is 18.0. The number of esters is 1. The molecule has 0 bridgehead atoms. The molecule has 0 aromatic carbocycles. The molecule has 1 aliphatic heterocycles. The van der Waals surface area contributed by atoms with Gasteiger partial charge >= 0.3 is 5.97 Å². The first-order chi connectivity index (χ1) is 24.9. The summed E-state index contributed by atoms with van der Waals surface area (Å²) in [7, 11) is -2.86. The van der Waals surface area contributed by atoms with Crippen LogP contribution in [0.3, 0.4) is 0 Å².